The van der Waals surface area contributed by atoms with E-state index in [9.17, 15) is 14.0 Å². The Labute approximate surface area is 154 Å². The first-order valence-corrected chi connectivity index (χ1v) is 8.95. The summed E-state index contributed by atoms with van der Waals surface area (Å²) < 4.78 is 24.8. The zero-order valence-corrected chi connectivity index (χ0v) is 16.0. The second-order valence-electron chi connectivity index (χ2n) is 7.78. The van der Waals surface area contributed by atoms with Gasteiger partial charge in [-0.3, -0.25) is 0 Å². The van der Waals surface area contributed by atoms with Gasteiger partial charge in [0, 0.05) is 12.6 Å². The number of carbonyl (C=O) groups excluding carboxylic acids is 2. The Morgan fingerprint density at radius 2 is 1.77 bits per heavy atom. The number of benzene rings is 1. The minimum absolute atomic E-state index is 0.0401. The number of amides is 1. The number of hydrogen-bond donors (Lipinski definition) is 0. The van der Waals surface area contributed by atoms with E-state index in [0.717, 1.165) is 5.56 Å². The molecule has 0 spiro atoms. The topological polar surface area (TPSA) is 55.8 Å². The third-order valence-corrected chi connectivity index (χ3v) is 4.56. The fraction of sp³-hybridized carbons (Fsp3) is 0.600. The van der Waals surface area contributed by atoms with E-state index in [-0.39, 0.29) is 18.9 Å². The van der Waals surface area contributed by atoms with Crippen LogP contribution in [-0.2, 0) is 20.8 Å². The van der Waals surface area contributed by atoms with Gasteiger partial charge in [0.15, 0.2) is 0 Å². The van der Waals surface area contributed by atoms with Gasteiger partial charge in [-0.05, 0) is 52.0 Å². The van der Waals surface area contributed by atoms with Gasteiger partial charge < -0.3 is 14.4 Å². The molecule has 26 heavy (non-hydrogen) atoms. The largest absolute Gasteiger partial charge is 0.467 e. The Morgan fingerprint density at radius 1 is 1.19 bits per heavy atom. The Morgan fingerprint density at radius 3 is 2.27 bits per heavy atom. The van der Waals surface area contributed by atoms with E-state index in [1.165, 1.54) is 7.11 Å². The van der Waals surface area contributed by atoms with Crippen LogP contribution in [0, 0.1) is 0 Å². The highest BCUT2D eigenvalue weighted by Crippen LogP contribution is 2.36. The van der Waals surface area contributed by atoms with Crippen LogP contribution in [-0.4, -0.2) is 41.4 Å². The molecule has 0 atom stereocenters. The van der Waals surface area contributed by atoms with E-state index in [1.54, 1.807) is 4.90 Å². The van der Waals surface area contributed by atoms with Gasteiger partial charge >= 0.3 is 12.1 Å². The van der Waals surface area contributed by atoms with Crippen molar-refractivity contribution >= 4 is 12.1 Å². The van der Waals surface area contributed by atoms with E-state index in [1.807, 2.05) is 51.1 Å². The molecule has 0 radical (unpaired) electrons. The molecule has 0 aromatic heterocycles. The van der Waals surface area contributed by atoms with Crippen molar-refractivity contribution in [1.29, 1.82) is 0 Å². The molecule has 1 aromatic carbocycles. The van der Waals surface area contributed by atoms with Gasteiger partial charge in [0.25, 0.3) is 0 Å². The van der Waals surface area contributed by atoms with Gasteiger partial charge in [-0.2, -0.15) is 0 Å². The smallest absolute Gasteiger partial charge is 0.410 e. The first-order chi connectivity index (χ1) is 12.1. The summed E-state index contributed by atoms with van der Waals surface area (Å²) in [4.78, 5) is 26.1. The molecule has 5 nitrogen and oxygen atoms in total. The maximum absolute atomic E-state index is 14.7. The molecule has 0 heterocycles. The highest BCUT2D eigenvalue weighted by atomic mass is 19.1. The van der Waals surface area contributed by atoms with Crippen LogP contribution < -0.4 is 0 Å². The van der Waals surface area contributed by atoms with Crippen molar-refractivity contribution in [2.45, 2.75) is 70.3 Å². The summed E-state index contributed by atoms with van der Waals surface area (Å²) >= 11 is 0. The molecular weight excluding hydrogens is 337 g/mol. The lowest BCUT2D eigenvalue weighted by atomic mass is 9.83. The lowest BCUT2D eigenvalue weighted by Gasteiger charge is -2.39. The van der Waals surface area contributed by atoms with Gasteiger partial charge in [0.1, 0.15) is 5.60 Å². The zero-order chi connectivity index (χ0) is 19.4. The maximum atomic E-state index is 14.7. The summed E-state index contributed by atoms with van der Waals surface area (Å²) in [5.74, 6) is -0.831. The number of halogens is 1. The fourth-order valence-corrected chi connectivity index (χ4v) is 3.20. The van der Waals surface area contributed by atoms with E-state index in [2.05, 4.69) is 4.74 Å². The van der Waals surface area contributed by atoms with Crippen LogP contribution in [0.2, 0.25) is 0 Å². The number of methoxy groups -OCH3 is 1. The van der Waals surface area contributed by atoms with Crippen molar-refractivity contribution in [2.75, 3.05) is 7.11 Å². The summed E-state index contributed by atoms with van der Waals surface area (Å²) in [6, 6.07) is 9.43. The van der Waals surface area contributed by atoms with Gasteiger partial charge in [-0.15, -0.1) is 0 Å². The third kappa shape index (κ3) is 5.19. The molecule has 0 bridgehead atoms. The molecule has 144 valence electrons. The number of rotatable bonds is 4. The average Bonchev–Trinajstić information content (AvgIpc) is 2.59. The number of nitrogens with zero attached hydrogens (tertiary/aromatic N) is 1. The Hall–Kier alpha value is -2.11. The van der Waals surface area contributed by atoms with Gasteiger partial charge in [0.05, 0.1) is 7.11 Å². The van der Waals surface area contributed by atoms with Crippen molar-refractivity contribution in [3.05, 3.63) is 35.9 Å². The molecule has 1 aromatic rings. The summed E-state index contributed by atoms with van der Waals surface area (Å²) in [6.45, 7) is 5.83. The second-order valence-corrected chi connectivity index (χ2v) is 7.78. The SMILES string of the molecule is COC(=O)C1(F)CCC(N(Cc2ccccc2)C(=O)OC(C)(C)C)CC1. The number of alkyl halides is 1. The molecule has 0 saturated heterocycles. The highest BCUT2D eigenvalue weighted by molar-refractivity contribution is 5.79. The molecule has 1 aliphatic rings. The predicted octanol–water partition coefficient (Wildman–Crippen LogP) is 4.25. The van der Waals surface area contributed by atoms with Gasteiger partial charge in [-0.1, -0.05) is 30.3 Å². The zero-order valence-electron chi connectivity index (χ0n) is 16.0. The number of esters is 1. The van der Waals surface area contributed by atoms with Gasteiger partial charge in [0.2, 0.25) is 5.67 Å². The van der Waals surface area contributed by atoms with Crippen LogP contribution in [0.4, 0.5) is 9.18 Å². The van der Waals surface area contributed by atoms with Gasteiger partial charge in [-0.25, -0.2) is 14.0 Å². The molecule has 1 fully saturated rings. The minimum atomic E-state index is -1.96. The molecule has 1 saturated carbocycles. The molecule has 0 aliphatic heterocycles. The number of hydrogen-bond acceptors (Lipinski definition) is 4. The molecule has 0 N–H and O–H groups in total. The van der Waals surface area contributed by atoms with Crippen molar-refractivity contribution < 1.29 is 23.5 Å². The Balaban J connectivity index is 2.14. The summed E-state index contributed by atoms with van der Waals surface area (Å²) in [5, 5.41) is 0. The van der Waals surface area contributed by atoms with Crippen LogP contribution in [0.3, 0.4) is 0 Å². The minimum Gasteiger partial charge on any atom is -0.467 e. The van der Waals surface area contributed by atoms with E-state index in [0.29, 0.717) is 19.4 Å². The monoisotopic (exact) mass is 365 g/mol. The molecule has 1 amide bonds. The second kappa shape index (κ2) is 8.06. The number of carbonyl (C=O) groups is 2. The normalized spacial score (nSPS) is 23.2. The number of ether oxygens (including phenoxy) is 2. The maximum Gasteiger partial charge on any atom is 0.410 e. The van der Waals surface area contributed by atoms with Crippen LogP contribution in [0.15, 0.2) is 30.3 Å². The predicted molar refractivity (Wildman–Crippen MR) is 96.3 cm³/mol. The average molecular weight is 365 g/mol. The van der Waals surface area contributed by atoms with Crippen molar-refractivity contribution in [2.24, 2.45) is 0 Å². The molecule has 6 heteroatoms. The van der Waals surface area contributed by atoms with Crippen LogP contribution in [0.25, 0.3) is 0 Å². The fourth-order valence-electron chi connectivity index (χ4n) is 3.20. The quantitative estimate of drug-likeness (QED) is 0.749. The van der Waals surface area contributed by atoms with Crippen molar-refractivity contribution in [3.8, 4) is 0 Å². The lowest BCUT2D eigenvalue weighted by Crippen LogP contribution is -2.48. The van der Waals surface area contributed by atoms with E-state index in [4.69, 9.17) is 4.74 Å². The first-order valence-electron chi connectivity index (χ1n) is 8.95. The summed E-state index contributed by atoms with van der Waals surface area (Å²) in [7, 11) is 1.19. The summed E-state index contributed by atoms with van der Waals surface area (Å²) in [5.41, 5.74) is -1.60. The molecule has 0 unspecified atom stereocenters. The molecular formula is C20H28FNO4. The summed E-state index contributed by atoms with van der Waals surface area (Å²) in [6.07, 6.45) is 0.433. The standard InChI is InChI=1S/C20H28FNO4/c1-19(2,3)26-18(24)22(14-15-8-6-5-7-9-15)16-10-12-20(21,13-11-16)17(23)25-4/h5-9,16H,10-14H2,1-4H3. The van der Waals surface area contributed by atoms with E-state index >= 15 is 0 Å². The highest BCUT2D eigenvalue weighted by Gasteiger charge is 2.45. The van der Waals surface area contributed by atoms with E-state index < -0.39 is 23.3 Å². The molecule has 1 aliphatic carbocycles. The Bertz CT molecular complexity index is 618. The molecule has 2 rings (SSSR count). The van der Waals surface area contributed by atoms with Crippen LogP contribution in [0.5, 0.6) is 0 Å². The Kier molecular flexibility index (Phi) is 6.26. The lowest BCUT2D eigenvalue weighted by molar-refractivity contribution is -0.157. The van der Waals surface area contributed by atoms with Crippen molar-refractivity contribution in [3.63, 3.8) is 0 Å². The van der Waals surface area contributed by atoms with Crippen molar-refractivity contribution in [1.82, 2.24) is 4.90 Å². The first kappa shape index (κ1) is 20.2. The van der Waals surface area contributed by atoms with Crippen LogP contribution >= 0.6 is 0 Å². The van der Waals surface area contributed by atoms with Crippen LogP contribution in [0.1, 0.15) is 52.0 Å². The third-order valence-electron chi connectivity index (χ3n) is 4.56.